The Morgan fingerprint density at radius 2 is 1.41 bits per heavy atom. The Kier molecular flexibility index (Phi) is 9.20. The lowest BCUT2D eigenvalue weighted by atomic mass is 9.97. The number of oxime groups is 1. The third-order valence-corrected chi connectivity index (χ3v) is 8.58. The number of rotatable bonds is 11. The molecule has 1 aromatic heterocycles. The lowest BCUT2D eigenvalue weighted by Crippen LogP contribution is -2.17. The molecule has 0 aliphatic rings. The summed E-state index contributed by atoms with van der Waals surface area (Å²) in [7, 11) is 0. The molecule has 0 amide bonds. The third kappa shape index (κ3) is 6.26. The first kappa shape index (κ1) is 30.6. The smallest absolute Gasteiger partial charge is 0.331 e. The summed E-state index contributed by atoms with van der Waals surface area (Å²) in [5.74, 6) is -0.649. The minimum Gasteiger partial charge on any atom is -0.341 e. The monoisotopic (exact) mass is 604 g/mol. The van der Waals surface area contributed by atoms with Crippen LogP contribution < -0.4 is 0 Å². The molecule has 44 heavy (non-hydrogen) atoms. The molecule has 0 saturated carbocycles. The van der Waals surface area contributed by atoms with E-state index in [1.807, 2.05) is 79.7 Å². The number of thioether (sulfide) groups is 1. The molecule has 222 valence electrons. The van der Waals surface area contributed by atoms with Gasteiger partial charge in [-0.3, -0.25) is 14.4 Å². The van der Waals surface area contributed by atoms with Crippen LogP contribution in [0.3, 0.4) is 0 Å². The number of carbonyl (C=O) groups is 4. The Balaban J connectivity index is 1.50. The van der Waals surface area contributed by atoms with Gasteiger partial charge in [-0.15, -0.1) is 11.8 Å². The number of Topliss-reactive ketones (excluding diaryl/α,β-unsaturated/α-hetero) is 2. The zero-order valence-electron chi connectivity index (χ0n) is 25.0. The summed E-state index contributed by atoms with van der Waals surface area (Å²) in [4.78, 5) is 56.5. The fraction of sp³-hybridized carbons (Fsp3) is 0.194. The number of aryl methyl sites for hydroxylation is 2. The number of benzene rings is 4. The fourth-order valence-corrected chi connectivity index (χ4v) is 6.40. The quantitative estimate of drug-likeness (QED) is 0.0501. The van der Waals surface area contributed by atoms with E-state index < -0.39 is 5.97 Å². The van der Waals surface area contributed by atoms with Gasteiger partial charge in [-0.05, 0) is 68.8 Å². The molecular formula is C36H32N2O5S. The van der Waals surface area contributed by atoms with Gasteiger partial charge >= 0.3 is 5.97 Å². The summed E-state index contributed by atoms with van der Waals surface area (Å²) in [6.07, 6.45) is 0.215. The van der Waals surface area contributed by atoms with Crippen molar-refractivity contribution in [3.63, 3.8) is 0 Å². The first-order valence-electron chi connectivity index (χ1n) is 14.4. The topological polar surface area (TPSA) is 94.8 Å². The molecule has 0 radical (unpaired) electrons. The number of aromatic nitrogens is 1. The van der Waals surface area contributed by atoms with Gasteiger partial charge in [-0.1, -0.05) is 47.6 Å². The number of hydrogen-bond acceptors (Lipinski definition) is 7. The largest absolute Gasteiger partial charge is 0.341 e. The number of fused-ring (bicyclic) bond motifs is 3. The molecule has 0 unspecified atom stereocenters. The van der Waals surface area contributed by atoms with Crippen molar-refractivity contribution in [2.45, 2.75) is 45.6 Å². The zero-order chi connectivity index (χ0) is 31.4. The van der Waals surface area contributed by atoms with Crippen molar-refractivity contribution in [1.29, 1.82) is 0 Å². The summed E-state index contributed by atoms with van der Waals surface area (Å²) in [5.41, 5.74) is 5.13. The first-order chi connectivity index (χ1) is 21.2. The lowest BCUT2D eigenvalue weighted by molar-refractivity contribution is -0.140. The van der Waals surface area contributed by atoms with Gasteiger partial charge in [0, 0.05) is 74.6 Å². The van der Waals surface area contributed by atoms with Crippen molar-refractivity contribution >= 4 is 62.6 Å². The number of nitrogens with zero attached hydrogens (tertiary/aromatic N) is 2. The van der Waals surface area contributed by atoms with E-state index in [0.29, 0.717) is 34.6 Å². The van der Waals surface area contributed by atoms with Crippen LogP contribution in [0.15, 0.2) is 95.0 Å². The summed E-state index contributed by atoms with van der Waals surface area (Å²) >= 11 is 1.44. The second-order valence-electron chi connectivity index (χ2n) is 10.5. The van der Waals surface area contributed by atoms with E-state index in [2.05, 4.69) is 16.6 Å². The van der Waals surface area contributed by atoms with Gasteiger partial charge < -0.3 is 9.40 Å². The van der Waals surface area contributed by atoms with Gasteiger partial charge in [0.15, 0.2) is 11.6 Å². The molecular weight excluding hydrogens is 572 g/mol. The molecule has 0 bridgehead atoms. The second-order valence-corrected chi connectivity index (χ2v) is 11.6. The van der Waals surface area contributed by atoms with E-state index in [9.17, 15) is 19.2 Å². The molecule has 5 aromatic rings. The van der Waals surface area contributed by atoms with Crippen molar-refractivity contribution in [2.24, 2.45) is 5.16 Å². The second kappa shape index (κ2) is 13.2. The average Bonchev–Trinajstić information content (AvgIpc) is 3.34. The van der Waals surface area contributed by atoms with Crippen LogP contribution in [0, 0.1) is 6.92 Å². The molecule has 5 rings (SSSR count). The Hall–Kier alpha value is -4.82. The van der Waals surface area contributed by atoms with E-state index >= 15 is 0 Å². The summed E-state index contributed by atoms with van der Waals surface area (Å²) in [6.45, 7) is 7.42. The molecule has 0 saturated heterocycles. The molecule has 8 heteroatoms. The molecule has 0 N–H and O–H groups in total. The van der Waals surface area contributed by atoms with Crippen LogP contribution in [-0.2, 0) is 16.2 Å². The molecule has 7 nitrogen and oxygen atoms in total. The summed E-state index contributed by atoms with van der Waals surface area (Å²) < 4.78 is 2.15. The third-order valence-electron chi connectivity index (χ3n) is 7.50. The maximum absolute atomic E-state index is 13.8. The van der Waals surface area contributed by atoms with Crippen molar-refractivity contribution in [2.75, 3.05) is 5.75 Å². The molecule has 1 heterocycles. The van der Waals surface area contributed by atoms with Gasteiger partial charge in [0.2, 0.25) is 5.78 Å². The van der Waals surface area contributed by atoms with Crippen LogP contribution in [0.25, 0.3) is 21.8 Å². The Labute approximate surface area is 259 Å². The molecule has 0 atom stereocenters. The van der Waals surface area contributed by atoms with Crippen LogP contribution in [0.5, 0.6) is 0 Å². The number of ketones is 3. The van der Waals surface area contributed by atoms with Crippen LogP contribution in [0.1, 0.15) is 69.4 Å². The molecule has 0 aliphatic heterocycles. The molecule has 0 spiro atoms. The van der Waals surface area contributed by atoms with Gasteiger partial charge in [-0.25, -0.2) is 4.79 Å². The zero-order valence-corrected chi connectivity index (χ0v) is 25.9. The van der Waals surface area contributed by atoms with Crippen LogP contribution in [0.4, 0.5) is 0 Å². The predicted octanol–water partition coefficient (Wildman–Crippen LogP) is 7.84. The minimum atomic E-state index is -0.628. The van der Waals surface area contributed by atoms with Crippen LogP contribution in [-0.4, -0.2) is 39.4 Å². The lowest BCUT2D eigenvalue weighted by Gasteiger charge is -2.08. The van der Waals surface area contributed by atoms with Crippen molar-refractivity contribution in [3.8, 4) is 0 Å². The molecule has 0 fully saturated rings. The molecule has 4 aromatic carbocycles. The van der Waals surface area contributed by atoms with E-state index in [1.54, 1.807) is 12.1 Å². The van der Waals surface area contributed by atoms with E-state index in [4.69, 9.17) is 4.84 Å². The highest BCUT2D eigenvalue weighted by Gasteiger charge is 2.20. The maximum atomic E-state index is 13.8. The highest BCUT2D eigenvalue weighted by atomic mass is 32.2. The summed E-state index contributed by atoms with van der Waals surface area (Å²) in [5, 5.41) is 5.62. The SMILES string of the molecule is CCn1c2ccc(C(=O)/C(CCSc3ccccc3C(C)=O)=N\OC(C)=O)cc2c2cc(C(=O)c3ccccc3C)ccc21. The minimum absolute atomic E-state index is 0.0405. The average molecular weight is 605 g/mol. The Bertz CT molecular complexity index is 1970. The summed E-state index contributed by atoms with van der Waals surface area (Å²) in [6, 6.07) is 26.0. The standard InChI is InChI=1S/C36H32N2O5S/c1-5-38-32-16-14-25(35(41)27-11-7-6-10-22(27)2)20-29(32)30-21-26(15-17-33(30)38)36(42)31(37-43-24(4)40)18-19-44-34-13-9-8-12-28(34)23(3)39/h6-17,20-21H,5,18-19H2,1-4H3/b37-31-. The molecule has 0 aliphatic carbocycles. The van der Waals surface area contributed by atoms with E-state index in [0.717, 1.165) is 32.3 Å². The predicted molar refractivity (Wildman–Crippen MR) is 175 cm³/mol. The Morgan fingerprint density at radius 1 is 0.795 bits per heavy atom. The highest BCUT2D eigenvalue weighted by Crippen LogP contribution is 2.32. The number of carbonyl (C=O) groups excluding carboxylic acids is 4. The van der Waals surface area contributed by atoms with Crippen molar-refractivity contribution in [1.82, 2.24) is 4.57 Å². The highest BCUT2D eigenvalue weighted by molar-refractivity contribution is 7.99. The first-order valence-corrected chi connectivity index (χ1v) is 15.4. The van der Waals surface area contributed by atoms with Gasteiger partial charge in [-0.2, -0.15) is 0 Å². The van der Waals surface area contributed by atoms with Crippen LogP contribution >= 0.6 is 11.8 Å². The van der Waals surface area contributed by atoms with E-state index in [-0.39, 0.29) is 29.5 Å². The van der Waals surface area contributed by atoms with Gasteiger partial charge in [0.05, 0.1) is 0 Å². The normalized spacial score (nSPS) is 11.6. The van der Waals surface area contributed by atoms with Crippen LogP contribution in [0.2, 0.25) is 0 Å². The Morgan fingerprint density at radius 3 is 2.05 bits per heavy atom. The fourth-order valence-electron chi connectivity index (χ4n) is 5.34. The maximum Gasteiger partial charge on any atom is 0.331 e. The van der Waals surface area contributed by atoms with Crippen molar-refractivity contribution < 1.29 is 24.0 Å². The van der Waals surface area contributed by atoms with E-state index in [1.165, 1.54) is 25.6 Å². The van der Waals surface area contributed by atoms with Gasteiger partial charge in [0.25, 0.3) is 0 Å². The number of hydrogen-bond donors (Lipinski definition) is 0. The van der Waals surface area contributed by atoms with Crippen molar-refractivity contribution in [3.05, 3.63) is 113 Å². The van der Waals surface area contributed by atoms with Gasteiger partial charge in [0.1, 0.15) is 5.71 Å².